The molecule has 2 rings (SSSR count). The monoisotopic (exact) mass is 191 g/mol. The summed E-state index contributed by atoms with van der Waals surface area (Å²) in [7, 11) is 0. The van der Waals surface area contributed by atoms with E-state index in [2.05, 4.69) is 16.8 Å². The minimum Gasteiger partial charge on any atom is -0.396 e. The van der Waals surface area contributed by atoms with Gasteiger partial charge in [0.15, 0.2) is 5.82 Å². The van der Waals surface area contributed by atoms with E-state index in [1.54, 1.807) is 0 Å². The highest BCUT2D eigenvalue weighted by atomic mass is 15.2. The van der Waals surface area contributed by atoms with Crippen molar-refractivity contribution >= 4 is 11.5 Å². The van der Waals surface area contributed by atoms with Gasteiger partial charge in [0.2, 0.25) is 0 Å². The fourth-order valence-electron chi connectivity index (χ4n) is 1.93. The number of pyridine rings is 1. The van der Waals surface area contributed by atoms with Crippen LogP contribution in [0, 0.1) is 12.8 Å². The van der Waals surface area contributed by atoms with Gasteiger partial charge in [-0.15, -0.1) is 0 Å². The van der Waals surface area contributed by atoms with Gasteiger partial charge in [-0.05, 0) is 31.4 Å². The summed E-state index contributed by atoms with van der Waals surface area (Å²) in [6.45, 7) is 6.44. The van der Waals surface area contributed by atoms with Crippen LogP contribution in [0.2, 0.25) is 0 Å². The maximum atomic E-state index is 5.91. The molecule has 0 radical (unpaired) electrons. The highest BCUT2D eigenvalue weighted by Gasteiger charge is 2.21. The van der Waals surface area contributed by atoms with E-state index < -0.39 is 0 Å². The molecule has 2 heterocycles. The van der Waals surface area contributed by atoms with Gasteiger partial charge in [0.05, 0.1) is 5.69 Å². The van der Waals surface area contributed by atoms with Gasteiger partial charge in [-0.25, -0.2) is 4.98 Å². The van der Waals surface area contributed by atoms with Crippen LogP contribution in [0.25, 0.3) is 0 Å². The summed E-state index contributed by atoms with van der Waals surface area (Å²) in [5, 5.41) is 0. The summed E-state index contributed by atoms with van der Waals surface area (Å²) in [6, 6.07) is 3.90. The molecule has 3 nitrogen and oxygen atoms in total. The normalized spacial score (nSPS) is 21.6. The summed E-state index contributed by atoms with van der Waals surface area (Å²) in [6.07, 6.45) is 1.25. The first-order chi connectivity index (χ1) is 6.66. The van der Waals surface area contributed by atoms with Crippen LogP contribution in [-0.4, -0.2) is 18.1 Å². The molecule has 0 amide bonds. The number of hydrogen-bond acceptors (Lipinski definition) is 3. The van der Waals surface area contributed by atoms with Crippen molar-refractivity contribution in [3.05, 3.63) is 17.8 Å². The Morgan fingerprint density at radius 3 is 2.93 bits per heavy atom. The molecule has 0 bridgehead atoms. The number of anilines is 2. The molecule has 3 heteroatoms. The molecule has 0 aliphatic carbocycles. The maximum Gasteiger partial charge on any atom is 0.152 e. The Morgan fingerprint density at radius 2 is 2.29 bits per heavy atom. The average molecular weight is 191 g/mol. The summed E-state index contributed by atoms with van der Waals surface area (Å²) < 4.78 is 0. The van der Waals surface area contributed by atoms with E-state index in [1.165, 1.54) is 6.42 Å². The second kappa shape index (κ2) is 3.48. The van der Waals surface area contributed by atoms with Crippen molar-refractivity contribution in [2.24, 2.45) is 5.92 Å². The van der Waals surface area contributed by atoms with Crippen LogP contribution in [0.5, 0.6) is 0 Å². The standard InChI is InChI=1S/C11H17N3/c1-8-5-6-14(7-8)11-10(12)4-3-9(2)13-11/h3-4,8H,5-7,12H2,1-2H3. The zero-order valence-electron chi connectivity index (χ0n) is 8.83. The first-order valence-corrected chi connectivity index (χ1v) is 5.15. The Hall–Kier alpha value is -1.25. The Labute approximate surface area is 84.9 Å². The third-order valence-corrected chi connectivity index (χ3v) is 2.77. The van der Waals surface area contributed by atoms with Gasteiger partial charge in [-0.3, -0.25) is 0 Å². The smallest absolute Gasteiger partial charge is 0.152 e. The zero-order chi connectivity index (χ0) is 10.1. The minimum atomic E-state index is 0.761. The Morgan fingerprint density at radius 1 is 1.50 bits per heavy atom. The van der Waals surface area contributed by atoms with Crippen LogP contribution in [-0.2, 0) is 0 Å². The van der Waals surface area contributed by atoms with Crippen molar-refractivity contribution < 1.29 is 0 Å². The van der Waals surface area contributed by atoms with Crippen molar-refractivity contribution in [2.75, 3.05) is 23.7 Å². The van der Waals surface area contributed by atoms with E-state index in [1.807, 2.05) is 19.1 Å². The predicted molar refractivity (Wildman–Crippen MR) is 59.4 cm³/mol. The first kappa shape index (κ1) is 9.31. The highest BCUT2D eigenvalue weighted by Crippen LogP contribution is 2.26. The summed E-state index contributed by atoms with van der Waals surface area (Å²) in [5.74, 6) is 1.73. The Bertz CT molecular complexity index is 335. The van der Waals surface area contributed by atoms with Gasteiger partial charge in [-0.1, -0.05) is 6.92 Å². The lowest BCUT2D eigenvalue weighted by Crippen LogP contribution is -2.21. The van der Waals surface area contributed by atoms with Gasteiger partial charge < -0.3 is 10.6 Å². The van der Waals surface area contributed by atoms with Crippen LogP contribution in [0.1, 0.15) is 19.0 Å². The molecule has 1 atom stereocenters. The topological polar surface area (TPSA) is 42.1 Å². The number of nitrogens with two attached hydrogens (primary N) is 1. The molecular weight excluding hydrogens is 174 g/mol. The van der Waals surface area contributed by atoms with E-state index in [4.69, 9.17) is 5.73 Å². The largest absolute Gasteiger partial charge is 0.396 e. The third-order valence-electron chi connectivity index (χ3n) is 2.77. The number of hydrogen-bond donors (Lipinski definition) is 1. The SMILES string of the molecule is Cc1ccc(N)c(N2CCC(C)C2)n1. The van der Waals surface area contributed by atoms with Crippen LogP contribution in [0.15, 0.2) is 12.1 Å². The van der Waals surface area contributed by atoms with Crippen molar-refractivity contribution in [2.45, 2.75) is 20.3 Å². The number of aryl methyl sites for hydroxylation is 1. The molecule has 1 aliphatic heterocycles. The van der Waals surface area contributed by atoms with Crippen molar-refractivity contribution in [3.63, 3.8) is 0 Å². The molecule has 0 aromatic carbocycles. The van der Waals surface area contributed by atoms with Gasteiger partial charge in [-0.2, -0.15) is 0 Å². The van der Waals surface area contributed by atoms with Gasteiger partial charge in [0.25, 0.3) is 0 Å². The summed E-state index contributed by atoms with van der Waals surface area (Å²) in [5.41, 5.74) is 7.74. The van der Waals surface area contributed by atoms with Crippen molar-refractivity contribution in [1.82, 2.24) is 4.98 Å². The Balaban J connectivity index is 2.27. The molecule has 76 valence electrons. The predicted octanol–water partition coefficient (Wildman–Crippen LogP) is 1.82. The fraction of sp³-hybridized carbons (Fsp3) is 0.545. The van der Waals surface area contributed by atoms with Crippen LogP contribution >= 0.6 is 0 Å². The van der Waals surface area contributed by atoms with Crippen LogP contribution < -0.4 is 10.6 Å². The van der Waals surface area contributed by atoms with E-state index >= 15 is 0 Å². The first-order valence-electron chi connectivity index (χ1n) is 5.15. The van der Waals surface area contributed by atoms with Gasteiger partial charge in [0, 0.05) is 18.8 Å². The Kier molecular flexibility index (Phi) is 2.32. The van der Waals surface area contributed by atoms with Crippen LogP contribution in [0.4, 0.5) is 11.5 Å². The van der Waals surface area contributed by atoms with E-state index in [-0.39, 0.29) is 0 Å². The summed E-state index contributed by atoms with van der Waals surface area (Å²) in [4.78, 5) is 6.77. The van der Waals surface area contributed by atoms with Crippen LogP contribution in [0.3, 0.4) is 0 Å². The third kappa shape index (κ3) is 1.67. The molecule has 1 unspecified atom stereocenters. The molecule has 1 aliphatic rings. The van der Waals surface area contributed by atoms with Gasteiger partial charge in [0.1, 0.15) is 0 Å². The quantitative estimate of drug-likeness (QED) is 0.736. The second-order valence-corrected chi connectivity index (χ2v) is 4.21. The molecule has 14 heavy (non-hydrogen) atoms. The highest BCUT2D eigenvalue weighted by molar-refractivity contribution is 5.63. The molecular formula is C11H17N3. The van der Waals surface area contributed by atoms with E-state index in [9.17, 15) is 0 Å². The minimum absolute atomic E-state index is 0.761. The average Bonchev–Trinajstić information content (AvgIpc) is 2.56. The molecule has 1 saturated heterocycles. The lowest BCUT2D eigenvalue weighted by atomic mass is 10.2. The second-order valence-electron chi connectivity index (χ2n) is 4.21. The lowest BCUT2D eigenvalue weighted by Gasteiger charge is -2.19. The number of nitrogen functional groups attached to an aromatic ring is 1. The zero-order valence-corrected chi connectivity index (χ0v) is 8.83. The number of nitrogens with zero attached hydrogens (tertiary/aromatic N) is 2. The van der Waals surface area contributed by atoms with E-state index in [0.717, 1.165) is 36.2 Å². The molecule has 1 aromatic rings. The number of aromatic nitrogens is 1. The molecule has 2 N–H and O–H groups in total. The van der Waals surface area contributed by atoms with Gasteiger partial charge >= 0.3 is 0 Å². The van der Waals surface area contributed by atoms with Crippen molar-refractivity contribution in [1.29, 1.82) is 0 Å². The molecule has 1 aromatic heterocycles. The maximum absolute atomic E-state index is 5.91. The van der Waals surface area contributed by atoms with Crippen molar-refractivity contribution in [3.8, 4) is 0 Å². The fourth-order valence-corrected chi connectivity index (χ4v) is 1.93. The van der Waals surface area contributed by atoms with E-state index in [0.29, 0.717) is 0 Å². The summed E-state index contributed by atoms with van der Waals surface area (Å²) >= 11 is 0. The molecule has 0 saturated carbocycles. The molecule has 0 spiro atoms. The lowest BCUT2D eigenvalue weighted by molar-refractivity contribution is 0.659. The number of rotatable bonds is 1. The molecule has 1 fully saturated rings.